The van der Waals surface area contributed by atoms with Crippen LogP contribution in [0.2, 0.25) is 0 Å². The maximum atomic E-state index is 2.35. The van der Waals surface area contributed by atoms with Gasteiger partial charge in [0.2, 0.25) is 0 Å². The molecule has 0 saturated heterocycles. The van der Waals surface area contributed by atoms with Gasteiger partial charge >= 0.3 is 0 Å². The maximum Gasteiger partial charge on any atom is -0.0386 e. The fraction of sp³-hybridized carbons (Fsp3) is 1.00. The Kier molecular flexibility index (Phi) is 21.3. The molecule has 26 heavy (non-hydrogen) atoms. The Morgan fingerprint density at radius 2 is 0.538 bits per heavy atom. The van der Waals surface area contributed by atoms with Crippen molar-refractivity contribution in [1.29, 1.82) is 0 Å². The molecule has 0 aliphatic rings. The van der Waals surface area contributed by atoms with Crippen molar-refractivity contribution in [2.75, 3.05) is 0 Å². The molecule has 0 aromatic heterocycles. The van der Waals surface area contributed by atoms with Gasteiger partial charge in [0.05, 0.1) is 0 Å². The Balaban J connectivity index is 4.49. The van der Waals surface area contributed by atoms with Gasteiger partial charge in [0.25, 0.3) is 0 Å². The number of hydrogen-bond donors (Lipinski definition) is 0. The highest BCUT2D eigenvalue weighted by Gasteiger charge is 2.20. The predicted molar refractivity (Wildman–Crippen MR) is 122 cm³/mol. The fourth-order valence-electron chi connectivity index (χ4n) is 4.56. The molecule has 0 rings (SSSR count). The van der Waals surface area contributed by atoms with Gasteiger partial charge in [-0.2, -0.15) is 0 Å². The minimum absolute atomic E-state index is 1.03. The van der Waals surface area contributed by atoms with E-state index in [2.05, 4.69) is 27.7 Å². The average molecular weight is 367 g/mol. The van der Waals surface area contributed by atoms with E-state index < -0.39 is 0 Å². The average Bonchev–Trinajstić information content (AvgIpc) is 2.65. The molecule has 0 N–H and O–H groups in total. The van der Waals surface area contributed by atoms with E-state index in [0.717, 1.165) is 11.8 Å². The highest BCUT2D eigenvalue weighted by molar-refractivity contribution is 4.72. The molecule has 0 heterocycles. The van der Waals surface area contributed by atoms with Crippen LogP contribution in [0.25, 0.3) is 0 Å². The van der Waals surface area contributed by atoms with Gasteiger partial charge < -0.3 is 0 Å². The smallest absolute Gasteiger partial charge is 0.0386 e. The number of hydrogen-bond acceptors (Lipinski definition) is 0. The summed E-state index contributed by atoms with van der Waals surface area (Å²) >= 11 is 0. The molecule has 0 aromatic rings. The summed E-state index contributed by atoms with van der Waals surface area (Å²) in [6, 6.07) is 0. The van der Waals surface area contributed by atoms with Gasteiger partial charge in [-0.3, -0.25) is 0 Å². The SMILES string of the molecule is CCCCCCCC(CCCCCC)C(CCCCC)CCCCCC. The quantitative estimate of drug-likeness (QED) is 0.177. The monoisotopic (exact) mass is 366 g/mol. The van der Waals surface area contributed by atoms with E-state index in [1.807, 2.05) is 0 Å². The van der Waals surface area contributed by atoms with Crippen molar-refractivity contribution in [3.8, 4) is 0 Å². The second-order valence-electron chi connectivity index (χ2n) is 8.92. The van der Waals surface area contributed by atoms with Crippen LogP contribution in [0.4, 0.5) is 0 Å². The van der Waals surface area contributed by atoms with Crippen LogP contribution in [0.1, 0.15) is 156 Å². The summed E-state index contributed by atoms with van der Waals surface area (Å²) in [7, 11) is 0. The van der Waals surface area contributed by atoms with E-state index >= 15 is 0 Å². The molecule has 0 saturated carbocycles. The van der Waals surface area contributed by atoms with Crippen LogP contribution in [0.3, 0.4) is 0 Å². The molecule has 0 spiro atoms. The lowest BCUT2D eigenvalue weighted by Crippen LogP contribution is -2.16. The van der Waals surface area contributed by atoms with Crippen molar-refractivity contribution >= 4 is 0 Å². The summed E-state index contributed by atoms with van der Waals surface area (Å²) in [5.41, 5.74) is 0. The Hall–Kier alpha value is 0. The second-order valence-corrected chi connectivity index (χ2v) is 8.92. The summed E-state index contributed by atoms with van der Waals surface area (Å²) in [6.45, 7) is 9.36. The van der Waals surface area contributed by atoms with E-state index in [9.17, 15) is 0 Å². The van der Waals surface area contributed by atoms with Crippen molar-refractivity contribution in [2.45, 2.75) is 156 Å². The summed E-state index contributed by atoms with van der Waals surface area (Å²) in [5, 5.41) is 0. The van der Waals surface area contributed by atoms with E-state index in [1.165, 1.54) is 128 Å². The van der Waals surface area contributed by atoms with Crippen LogP contribution in [-0.2, 0) is 0 Å². The summed E-state index contributed by atoms with van der Waals surface area (Å²) in [5.74, 6) is 2.07. The molecule has 0 fully saturated rings. The third kappa shape index (κ3) is 16.2. The topological polar surface area (TPSA) is 0 Å². The molecule has 0 radical (unpaired) electrons. The lowest BCUT2D eigenvalue weighted by molar-refractivity contribution is 0.237. The van der Waals surface area contributed by atoms with Crippen LogP contribution < -0.4 is 0 Å². The molecule has 2 atom stereocenters. The van der Waals surface area contributed by atoms with Crippen molar-refractivity contribution in [3.63, 3.8) is 0 Å². The minimum atomic E-state index is 1.03. The van der Waals surface area contributed by atoms with Crippen LogP contribution >= 0.6 is 0 Å². The third-order valence-corrected chi connectivity index (χ3v) is 6.38. The first-order chi connectivity index (χ1) is 12.8. The Labute approximate surface area is 168 Å². The molecule has 0 nitrogen and oxygen atoms in total. The van der Waals surface area contributed by atoms with Crippen molar-refractivity contribution in [1.82, 2.24) is 0 Å². The van der Waals surface area contributed by atoms with Gasteiger partial charge in [-0.1, -0.05) is 156 Å². The van der Waals surface area contributed by atoms with Gasteiger partial charge in [0.1, 0.15) is 0 Å². The highest BCUT2D eigenvalue weighted by atomic mass is 14.3. The second kappa shape index (κ2) is 21.3. The van der Waals surface area contributed by atoms with Gasteiger partial charge in [-0.05, 0) is 11.8 Å². The van der Waals surface area contributed by atoms with E-state index in [1.54, 1.807) is 0 Å². The Morgan fingerprint density at radius 3 is 0.885 bits per heavy atom. The molecule has 0 aliphatic heterocycles. The third-order valence-electron chi connectivity index (χ3n) is 6.38. The largest absolute Gasteiger partial charge is 0.0654 e. The molecule has 158 valence electrons. The predicted octanol–water partition coefficient (Wildman–Crippen LogP) is 10.1. The number of rotatable bonds is 21. The zero-order valence-electron chi connectivity index (χ0n) is 19.3. The lowest BCUT2D eigenvalue weighted by Gasteiger charge is -2.28. The highest BCUT2D eigenvalue weighted by Crippen LogP contribution is 2.33. The van der Waals surface area contributed by atoms with Crippen LogP contribution in [0, 0.1) is 11.8 Å². The molecule has 0 bridgehead atoms. The van der Waals surface area contributed by atoms with E-state index in [0.29, 0.717) is 0 Å². The van der Waals surface area contributed by atoms with Crippen molar-refractivity contribution in [2.24, 2.45) is 11.8 Å². The molecule has 0 aromatic carbocycles. The van der Waals surface area contributed by atoms with Gasteiger partial charge in [0, 0.05) is 0 Å². The zero-order chi connectivity index (χ0) is 19.3. The molecule has 2 unspecified atom stereocenters. The normalized spacial score (nSPS) is 13.8. The van der Waals surface area contributed by atoms with Gasteiger partial charge in [-0.25, -0.2) is 0 Å². The zero-order valence-corrected chi connectivity index (χ0v) is 19.3. The van der Waals surface area contributed by atoms with Crippen LogP contribution in [-0.4, -0.2) is 0 Å². The molecule has 0 amide bonds. The van der Waals surface area contributed by atoms with Crippen LogP contribution in [0.15, 0.2) is 0 Å². The minimum Gasteiger partial charge on any atom is -0.0654 e. The molecule has 0 heteroatoms. The van der Waals surface area contributed by atoms with Crippen molar-refractivity contribution in [3.05, 3.63) is 0 Å². The molecular weight excluding hydrogens is 312 g/mol. The first-order valence-corrected chi connectivity index (χ1v) is 12.8. The van der Waals surface area contributed by atoms with Gasteiger partial charge in [0.15, 0.2) is 0 Å². The van der Waals surface area contributed by atoms with Gasteiger partial charge in [-0.15, -0.1) is 0 Å². The van der Waals surface area contributed by atoms with Crippen LogP contribution in [0.5, 0.6) is 0 Å². The molecule has 0 aliphatic carbocycles. The first-order valence-electron chi connectivity index (χ1n) is 12.8. The first kappa shape index (κ1) is 26.0. The Morgan fingerprint density at radius 1 is 0.308 bits per heavy atom. The van der Waals surface area contributed by atoms with Crippen molar-refractivity contribution < 1.29 is 0 Å². The number of unbranched alkanes of at least 4 members (excludes halogenated alkanes) is 12. The lowest BCUT2D eigenvalue weighted by atomic mass is 9.78. The summed E-state index contributed by atoms with van der Waals surface area (Å²) in [4.78, 5) is 0. The standard InChI is InChI=1S/C26H54/c1-5-9-13-16-20-24-26(23-19-15-11-7-3)25(21-17-12-8-4)22-18-14-10-6-2/h25-26H,5-24H2,1-4H3. The fourth-order valence-corrected chi connectivity index (χ4v) is 4.56. The maximum absolute atomic E-state index is 2.35. The molecular formula is C26H54. The summed E-state index contributed by atoms with van der Waals surface area (Å²) in [6.07, 6.45) is 29.2. The summed E-state index contributed by atoms with van der Waals surface area (Å²) < 4.78 is 0. The van der Waals surface area contributed by atoms with E-state index in [4.69, 9.17) is 0 Å². The Bertz CT molecular complexity index is 244. The van der Waals surface area contributed by atoms with E-state index in [-0.39, 0.29) is 0 Å².